The molecule has 1 N–H and O–H groups in total. The van der Waals surface area contributed by atoms with Crippen LogP contribution >= 0.6 is 0 Å². The molecule has 0 radical (unpaired) electrons. The number of fused-ring (bicyclic) bond motifs is 1. The Balaban J connectivity index is 2.25. The Morgan fingerprint density at radius 1 is 1.58 bits per heavy atom. The van der Waals surface area contributed by atoms with Gasteiger partial charge in [-0.15, -0.1) is 0 Å². The van der Waals surface area contributed by atoms with Gasteiger partial charge >= 0.3 is 0 Å². The van der Waals surface area contributed by atoms with E-state index in [0.717, 1.165) is 16.7 Å². The maximum Gasteiger partial charge on any atom is 0.253 e. The van der Waals surface area contributed by atoms with Crippen molar-refractivity contribution in [2.45, 2.75) is 19.9 Å². The van der Waals surface area contributed by atoms with Crippen molar-refractivity contribution >= 4 is 16.9 Å². The van der Waals surface area contributed by atoms with Gasteiger partial charge in [-0.3, -0.25) is 9.48 Å². The minimum Gasteiger partial charge on any atom is -0.383 e. The molecule has 1 atom stereocenters. The molecule has 2 aromatic rings. The van der Waals surface area contributed by atoms with Crippen LogP contribution in [-0.4, -0.2) is 40.4 Å². The molecule has 2 heterocycles. The molecule has 6 nitrogen and oxygen atoms in total. The number of aryl methyl sites for hydroxylation is 2. The lowest BCUT2D eigenvalue weighted by Crippen LogP contribution is -2.35. The SMILES string of the molecule is COC[C@H](C)NC(=O)c1cnc2c(c1)c(C)nn2C. The molecule has 1 amide bonds. The predicted octanol–water partition coefficient (Wildman–Crippen LogP) is 1.04. The zero-order chi connectivity index (χ0) is 14.0. The maximum absolute atomic E-state index is 12.1. The largest absolute Gasteiger partial charge is 0.383 e. The lowest BCUT2D eigenvalue weighted by molar-refractivity contribution is 0.0905. The van der Waals surface area contributed by atoms with Crippen molar-refractivity contribution in [2.24, 2.45) is 7.05 Å². The highest BCUT2D eigenvalue weighted by molar-refractivity contribution is 5.97. The second-order valence-electron chi connectivity index (χ2n) is 4.63. The van der Waals surface area contributed by atoms with Crippen molar-refractivity contribution in [1.29, 1.82) is 0 Å². The van der Waals surface area contributed by atoms with Gasteiger partial charge in [-0.2, -0.15) is 5.10 Å². The van der Waals surface area contributed by atoms with Crippen LogP contribution in [0, 0.1) is 6.92 Å². The highest BCUT2D eigenvalue weighted by Crippen LogP contribution is 2.16. The number of amides is 1. The van der Waals surface area contributed by atoms with Crippen molar-refractivity contribution in [3.8, 4) is 0 Å². The fourth-order valence-electron chi connectivity index (χ4n) is 2.03. The molecule has 19 heavy (non-hydrogen) atoms. The molecule has 2 aromatic heterocycles. The number of hydrogen-bond donors (Lipinski definition) is 1. The fraction of sp³-hybridized carbons (Fsp3) is 0.462. The Morgan fingerprint density at radius 3 is 3.00 bits per heavy atom. The second kappa shape index (κ2) is 5.36. The van der Waals surface area contributed by atoms with E-state index in [4.69, 9.17) is 4.74 Å². The maximum atomic E-state index is 12.1. The topological polar surface area (TPSA) is 69.0 Å². The first-order valence-corrected chi connectivity index (χ1v) is 6.12. The third-order valence-corrected chi connectivity index (χ3v) is 2.92. The van der Waals surface area contributed by atoms with Gasteiger partial charge in [0.1, 0.15) is 0 Å². The van der Waals surface area contributed by atoms with Gasteiger partial charge in [-0.1, -0.05) is 0 Å². The van der Waals surface area contributed by atoms with E-state index >= 15 is 0 Å². The van der Waals surface area contributed by atoms with Crippen molar-refractivity contribution < 1.29 is 9.53 Å². The summed E-state index contributed by atoms with van der Waals surface area (Å²) in [6.07, 6.45) is 1.57. The average Bonchev–Trinajstić information content (AvgIpc) is 2.65. The molecule has 0 aliphatic rings. The van der Waals surface area contributed by atoms with Crippen LogP contribution in [0.4, 0.5) is 0 Å². The third kappa shape index (κ3) is 2.73. The molecule has 0 unspecified atom stereocenters. The van der Waals surface area contributed by atoms with Gasteiger partial charge in [0.05, 0.1) is 17.9 Å². The zero-order valence-corrected chi connectivity index (χ0v) is 11.6. The number of aromatic nitrogens is 3. The van der Waals surface area contributed by atoms with Crippen molar-refractivity contribution in [1.82, 2.24) is 20.1 Å². The van der Waals surface area contributed by atoms with E-state index in [-0.39, 0.29) is 11.9 Å². The first kappa shape index (κ1) is 13.5. The van der Waals surface area contributed by atoms with Crippen molar-refractivity contribution in [2.75, 3.05) is 13.7 Å². The molecule has 0 saturated heterocycles. The van der Waals surface area contributed by atoms with Gasteiger partial charge in [-0.25, -0.2) is 4.98 Å². The van der Waals surface area contributed by atoms with Gasteiger partial charge in [-0.05, 0) is 19.9 Å². The van der Waals surface area contributed by atoms with Crippen LogP contribution in [0.5, 0.6) is 0 Å². The number of hydrogen-bond acceptors (Lipinski definition) is 4. The Morgan fingerprint density at radius 2 is 2.32 bits per heavy atom. The van der Waals surface area contributed by atoms with E-state index in [1.807, 2.05) is 27.0 Å². The number of rotatable bonds is 4. The minimum absolute atomic E-state index is 0.0387. The lowest BCUT2D eigenvalue weighted by atomic mass is 10.2. The Kier molecular flexibility index (Phi) is 3.80. The smallest absolute Gasteiger partial charge is 0.253 e. The monoisotopic (exact) mass is 262 g/mol. The Labute approximate surface area is 111 Å². The van der Waals surface area contributed by atoms with Gasteiger partial charge in [0.2, 0.25) is 0 Å². The number of carbonyl (C=O) groups is 1. The molecule has 0 aliphatic carbocycles. The van der Waals surface area contributed by atoms with E-state index in [1.54, 1.807) is 18.0 Å². The minimum atomic E-state index is -0.151. The molecule has 0 aliphatic heterocycles. The lowest BCUT2D eigenvalue weighted by Gasteiger charge is -2.12. The average molecular weight is 262 g/mol. The van der Waals surface area contributed by atoms with E-state index in [0.29, 0.717) is 12.2 Å². The molecule has 6 heteroatoms. The summed E-state index contributed by atoms with van der Waals surface area (Å²) in [6, 6.07) is 1.78. The van der Waals surface area contributed by atoms with E-state index in [1.165, 1.54) is 0 Å². The summed E-state index contributed by atoms with van der Waals surface area (Å²) < 4.78 is 6.70. The first-order valence-electron chi connectivity index (χ1n) is 6.12. The van der Waals surface area contributed by atoms with Gasteiger partial charge in [0.25, 0.3) is 5.91 Å². The molecule has 0 aromatic carbocycles. The summed E-state index contributed by atoms with van der Waals surface area (Å²) in [5.74, 6) is -0.151. The van der Waals surface area contributed by atoms with Crippen molar-refractivity contribution in [3.63, 3.8) is 0 Å². The summed E-state index contributed by atoms with van der Waals surface area (Å²) >= 11 is 0. The van der Waals surface area contributed by atoms with Crippen LogP contribution in [-0.2, 0) is 11.8 Å². The third-order valence-electron chi connectivity index (χ3n) is 2.92. The summed E-state index contributed by atoms with van der Waals surface area (Å²) in [4.78, 5) is 16.3. The van der Waals surface area contributed by atoms with Crippen LogP contribution in [0.2, 0.25) is 0 Å². The molecule has 0 spiro atoms. The molecule has 0 bridgehead atoms. The number of pyridine rings is 1. The molecule has 0 fully saturated rings. The van der Waals surface area contributed by atoms with Crippen LogP contribution < -0.4 is 5.32 Å². The fourth-order valence-corrected chi connectivity index (χ4v) is 2.03. The quantitative estimate of drug-likeness (QED) is 0.894. The number of ether oxygens (including phenoxy) is 1. The predicted molar refractivity (Wildman–Crippen MR) is 72.1 cm³/mol. The zero-order valence-electron chi connectivity index (χ0n) is 11.6. The Bertz CT molecular complexity index is 606. The summed E-state index contributed by atoms with van der Waals surface area (Å²) in [5.41, 5.74) is 2.18. The Hall–Kier alpha value is -1.95. The van der Waals surface area contributed by atoms with Gasteiger partial charge in [0, 0.05) is 31.8 Å². The number of nitrogens with zero attached hydrogens (tertiary/aromatic N) is 3. The van der Waals surface area contributed by atoms with Crippen LogP contribution in [0.15, 0.2) is 12.3 Å². The number of carbonyl (C=O) groups excluding carboxylic acids is 1. The second-order valence-corrected chi connectivity index (χ2v) is 4.63. The molecular formula is C13H18N4O2. The van der Waals surface area contributed by atoms with Crippen molar-refractivity contribution in [3.05, 3.63) is 23.5 Å². The van der Waals surface area contributed by atoms with Crippen LogP contribution in [0.1, 0.15) is 23.0 Å². The molecule has 0 saturated carbocycles. The van der Waals surface area contributed by atoms with E-state index in [2.05, 4.69) is 15.4 Å². The summed E-state index contributed by atoms with van der Waals surface area (Å²) in [6.45, 7) is 4.27. The number of methoxy groups -OCH3 is 1. The van der Waals surface area contributed by atoms with Crippen LogP contribution in [0.3, 0.4) is 0 Å². The van der Waals surface area contributed by atoms with Crippen LogP contribution in [0.25, 0.3) is 11.0 Å². The standard InChI is InChI=1S/C13H18N4O2/c1-8(7-19-4)15-13(18)10-5-11-9(2)16-17(3)12(11)14-6-10/h5-6,8H,7H2,1-4H3,(H,15,18)/t8-/m0/s1. The normalized spacial score (nSPS) is 12.6. The first-order chi connectivity index (χ1) is 9.02. The summed E-state index contributed by atoms with van der Waals surface area (Å²) in [5, 5.41) is 8.04. The molecular weight excluding hydrogens is 244 g/mol. The summed E-state index contributed by atoms with van der Waals surface area (Å²) in [7, 11) is 3.44. The van der Waals surface area contributed by atoms with E-state index in [9.17, 15) is 4.79 Å². The molecule has 102 valence electrons. The highest BCUT2D eigenvalue weighted by Gasteiger charge is 2.13. The highest BCUT2D eigenvalue weighted by atomic mass is 16.5. The van der Waals surface area contributed by atoms with Gasteiger partial charge < -0.3 is 10.1 Å². The molecule has 2 rings (SSSR count). The van der Waals surface area contributed by atoms with E-state index < -0.39 is 0 Å². The number of nitrogens with one attached hydrogen (secondary N) is 1. The van der Waals surface area contributed by atoms with Gasteiger partial charge in [0.15, 0.2) is 5.65 Å².